The second kappa shape index (κ2) is 6.51. The van der Waals surface area contributed by atoms with Crippen molar-refractivity contribution in [3.63, 3.8) is 0 Å². The third-order valence-electron chi connectivity index (χ3n) is 2.48. The zero-order valence-electron chi connectivity index (χ0n) is 9.13. The van der Waals surface area contributed by atoms with Crippen LogP contribution < -0.4 is 5.32 Å². The number of alkyl halides is 1. The van der Waals surface area contributed by atoms with Crippen molar-refractivity contribution < 1.29 is 0 Å². The topological polar surface area (TPSA) is 12.0 Å². The molecular formula is C12H17BrClN. The van der Waals surface area contributed by atoms with Gasteiger partial charge in [0.15, 0.2) is 0 Å². The lowest BCUT2D eigenvalue weighted by Gasteiger charge is -2.20. The van der Waals surface area contributed by atoms with E-state index in [1.807, 2.05) is 18.2 Å². The molecule has 15 heavy (non-hydrogen) atoms. The molecule has 0 aliphatic carbocycles. The second-order valence-corrected chi connectivity index (χ2v) is 5.03. The van der Waals surface area contributed by atoms with Crippen molar-refractivity contribution in [3.05, 3.63) is 34.9 Å². The highest BCUT2D eigenvalue weighted by Crippen LogP contribution is 2.15. The summed E-state index contributed by atoms with van der Waals surface area (Å²) in [6.07, 6.45) is 0. The number of halogens is 2. The third-order valence-corrected chi connectivity index (χ3v) is 3.55. The van der Waals surface area contributed by atoms with E-state index in [1.165, 1.54) is 0 Å². The summed E-state index contributed by atoms with van der Waals surface area (Å²) in [6, 6.07) is 8.44. The van der Waals surface area contributed by atoms with E-state index in [9.17, 15) is 0 Å². The summed E-state index contributed by atoms with van der Waals surface area (Å²) in [5.74, 6) is 0.617. The van der Waals surface area contributed by atoms with Gasteiger partial charge >= 0.3 is 0 Å². The minimum absolute atomic E-state index is 0.487. The Bertz CT molecular complexity index is 301. The van der Waals surface area contributed by atoms with Crippen molar-refractivity contribution in [2.24, 2.45) is 5.92 Å². The molecule has 0 fully saturated rings. The standard InChI is InChI=1S/C12H17BrClN/c1-9(2)12(7-13)15-8-10-5-3-4-6-11(10)14/h3-6,9,12,15H,7-8H2,1-2H3. The van der Waals surface area contributed by atoms with E-state index >= 15 is 0 Å². The van der Waals surface area contributed by atoms with Crippen LogP contribution in [-0.4, -0.2) is 11.4 Å². The van der Waals surface area contributed by atoms with E-state index in [4.69, 9.17) is 11.6 Å². The van der Waals surface area contributed by atoms with Gasteiger partial charge in [0, 0.05) is 22.9 Å². The van der Waals surface area contributed by atoms with Gasteiger partial charge in [-0.25, -0.2) is 0 Å². The van der Waals surface area contributed by atoms with Crippen molar-refractivity contribution in [3.8, 4) is 0 Å². The Morgan fingerprint density at radius 3 is 2.53 bits per heavy atom. The summed E-state index contributed by atoms with van der Waals surface area (Å²) in [5, 5.41) is 5.30. The summed E-state index contributed by atoms with van der Waals surface area (Å²) in [4.78, 5) is 0. The van der Waals surface area contributed by atoms with Crippen LogP contribution in [0, 0.1) is 5.92 Å². The van der Waals surface area contributed by atoms with Crippen molar-refractivity contribution >= 4 is 27.5 Å². The maximum absolute atomic E-state index is 6.08. The number of hydrogen-bond donors (Lipinski definition) is 1. The summed E-state index contributed by atoms with van der Waals surface area (Å²) in [7, 11) is 0. The summed E-state index contributed by atoms with van der Waals surface area (Å²) < 4.78 is 0. The molecule has 1 unspecified atom stereocenters. The molecule has 3 heteroatoms. The minimum Gasteiger partial charge on any atom is -0.309 e. The summed E-state index contributed by atoms with van der Waals surface area (Å²) in [6.45, 7) is 5.26. The Labute approximate surface area is 105 Å². The molecule has 84 valence electrons. The molecule has 0 amide bonds. The Kier molecular flexibility index (Phi) is 5.65. The molecule has 0 aliphatic heterocycles. The molecule has 1 N–H and O–H groups in total. The van der Waals surface area contributed by atoms with Gasteiger partial charge in [-0.2, -0.15) is 0 Å². The minimum atomic E-state index is 0.487. The first-order valence-electron chi connectivity index (χ1n) is 5.18. The van der Waals surface area contributed by atoms with E-state index in [0.717, 1.165) is 22.5 Å². The molecular weight excluding hydrogens is 273 g/mol. The van der Waals surface area contributed by atoms with Crippen molar-refractivity contribution in [2.75, 3.05) is 5.33 Å². The highest BCUT2D eigenvalue weighted by molar-refractivity contribution is 9.09. The Balaban J connectivity index is 2.53. The average molecular weight is 291 g/mol. The van der Waals surface area contributed by atoms with E-state index in [0.29, 0.717) is 12.0 Å². The van der Waals surface area contributed by atoms with Crippen LogP contribution in [0.15, 0.2) is 24.3 Å². The largest absolute Gasteiger partial charge is 0.309 e. The Morgan fingerprint density at radius 1 is 1.33 bits per heavy atom. The van der Waals surface area contributed by atoms with Crippen LogP contribution in [0.1, 0.15) is 19.4 Å². The lowest BCUT2D eigenvalue weighted by molar-refractivity contribution is 0.434. The maximum Gasteiger partial charge on any atom is 0.0450 e. The molecule has 0 spiro atoms. The van der Waals surface area contributed by atoms with Crippen LogP contribution in [0.4, 0.5) is 0 Å². The molecule has 0 saturated carbocycles. The zero-order valence-corrected chi connectivity index (χ0v) is 11.5. The second-order valence-electron chi connectivity index (χ2n) is 3.98. The fourth-order valence-electron chi connectivity index (χ4n) is 1.35. The van der Waals surface area contributed by atoms with Crippen LogP contribution in [0.3, 0.4) is 0 Å². The maximum atomic E-state index is 6.08. The normalized spacial score (nSPS) is 13.1. The van der Waals surface area contributed by atoms with Crippen molar-refractivity contribution in [1.29, 1.82) is 0 Å². The Morgan fingerprint density at radius 2 is 2.00 bits per heavy atom. The van der Waals surface area contributed by atoms with Gasteiger partial charge in [0.25, 0.3) is 0 Å². The van der Waals surface area contributed by atoms with Gasteiger partial charge in [-0.15, -0.1) is 0 Å². The molecule has 1 rings (SSSR count). The number of rotatable bonds is 5. The molecule has 0 aliphatic rings. The molecule has 0 saturated heterocycles. The van der Waals surface area contributed by atoms with Gasteiger partial charge in [0.1, 0.15) is 0 Å². The highest BCUT2D eigenvalue weighted by atomic mass is 79.9. The van der Waals surface area contributed by atoms with Crippen LogP contribution in [0.25, 0.3) is 0 Å². The van der Waals surface area contributed by atoms with Gasteiger partial charge in [-0.3, -0.25) is 0 Å². The van der Waals surface area contributed by atoms with Gasteiger partial charge in [0.05, 0.1) is 0 Å². The van der Waals surface area contributed by atoms with Crippen LogP contribution in [0.5, 0.6) is 0 Å². The molecule has 1 aromatic rings. The molecule has 0 heterocycles. The molecule has 0 bridgehead atoms. The van der Waals surface area contributed by atoms with E-state index < -0.39 is 0 Å². The monoisotopic (exact) mass is 289 g/mol. The lowest BCUT2D eigenvalue weighted by Crippen LogP contribution is -2.34. The van der Waals surface area contributed by atoms with Gasteiger partial charge in [-0.05, 0) is 17.5 Å². The number of benzene rings is 1. The zero-order chi connectivity index (χ0) is 11.3. The smallest absolute Gasteiger partial charge is 0.0450 e. The molecule has 0 radical (unpaired) electrons. The van der Waals surface area contributed by atoms with Crippen LogP contribution in [-0.2, 0) is 6.54 Å². The molecule has 0 aromatic heterocycles. The molecule has 1 aromatic carbocycles. The van der Waals surface area contributed by atoms with Crippen molar-refractivity contribution in [1.82, 2.24) is 5.32 Å². The highest BCUT2D eigenvalue weighted by Gasteiger charge is 2.11. The summed E-state index contributed by atoms with van der Waals surface area (Å²) in [5.41, 5.74) is 1.16. The predicted molar refractivity (Wildman–Crippen MR) is 70.7 cm³/mol. The van der Waals surface area contributed by atoms with Crippen LogP contribution >= 0.6 is 27.5 Å². The van der Waals surface area contributed by atoms with Crippen molar-refractivity contribution in [2.45, 2.75) is 26.4 Å². The Hall–Kier alpha value is -0.0500. The van der Waals surface area contributed by atoms with Gasteiger partial charge in [0.2, 0.25) is 0 Å². The third kappa shape index (κ3) is 4.13. The lowest BCUT2D eigenvalue weighted by atomic mass is 10.1. The van der Waals surface area contributed by atoms with E-state index in [2.05, 4.69) is 41.2 Å². The number of nitrogens with one attached hydrogen (secondary N) is 1. The SMILES string of the molecule is CC(C)C(CBr)NCc1ccccc1Cl. The van der Waals surface area contributed by atoms with Gasteiger partial charge in [-0.1, -0.05) is 59.6 Å². The first-order chi connectivity index (χ1) is 7.15. The fraction of sp³-hybridized carbons (Fsp3) is 0.500. The number of hydrogen-bond acceptors (Lipinski definition) is 1. The molecule has 1 atom stereocenters. The van der Waals surface area contributed by atoms with Crippen LogP contribution in [0.2, 0.25) is 5.02 Å². The molecule has 1 nitrogen and oxygen atoms in total. The van der Waals surface area contributed by atoms with E-state index in [-0.39, 0.29) is 0 Å². The van der Waals surface area contributed by atoms with E-state index in [1.54, 1.807) is 0 Å². The first-order valence-corrected chi connectivity index (χ1v) is 6.68. The summed E-state index contributed by atoms with van der Waals surface area (Å²) >= 11 is 9.59. The fourth-order valence-corrected chi connectivity index (χ4v) is 2.53. The van der Waals surface area contributed by atoms with Gasteiger partial charge < -0.3 is 5.32 Å². The average Bonchev–Trinajstić information content (AvgIpc) is 2.21. The quantitative estimate of drug-likeness (QED) is 0.812. The predicted octanol–water partition coefficient (Wildman–Crippen LogP) is 3.85. The first kappa shape index (κ1) is 13.0.